The third-order valence-electron chi connectivity index (χ3n) is 5.77. The maximum absolute atomic E-state index is 12.2. The van der Waals surface area contributed by atoms with Gasteiger partial charge in [0.25, 0.3) is 0 Å². The average Bonchev–Trinajstić information content (AvgIpc) is 2.79. The van der Waals surface area contributed by atoms with Crippen LogP contribution >= 0.6 is 0 Å². The largest absolute Gasteiger partial charge is 0.479 e. The zero-order valence-corrected chi connectivity index (χ0v) is 19.1. The third-order valence-corrected chi connectivity index (χ3v) is 5.77. The van der Waals surface area contributed by atoms with Gasteiger partial charge in [0.2, 0.25) is 6.29 Å². The normalized spacial score (nSPS) is 29.2. The number of carboxylic acid groups (broad SMARTS) is 1. The topological polar surface area (TPSA) is 134 Å². The summed E-state index contributed by atoms with van der Waals surface area (Å²) in [5.41, 5.74) is 5.57. The quantitative estimate of drug-likeness (QED) is 0.283. The molecule has 1 aliphatic carbocycles. The van der Waals surface area contributed by atoms with E-state index in [9.17, 15) is 24.9 Å². The molecule has 0 bridgehead atoms. The number of benzene rings is 1. The van der Waals surface area contributed by atoms with E-state index in [2.05, 4.69) is 24.3 Å². The molecular formula is C26H30O8. The standard InChI is InChI=1S/C26H30O8/c1-15(13-18-11-6-10-17-9-3-4-12-19(17)18)7-5-8-16(2)14-20(27)33-26-23(30)21(28)22(29)24(34-26)25(31)32/h3-5,7-9,12-14,21-24,26,28-30H,6,10-11H2,1-2H3,(H,31,32)/b8-5+,15-7-,16-14+,18-13+/t21-,22-,23+,24-,26+/m0/s1. The van der Waals surface area contributed by atoms with Crippen LogP contribution in [0.2, 0.25) is 0 Å². The van der Waals surface area contributed by atoms with Crippen LogP contribution in [0, 0.1) is 0 Å². The minimum atomic E-state index is -1.85. The number of aliphatic hydroxyl groups is 3. The summed E-state index contributed by atoms with van der Waals surface area (Å²) in [7, 11) is 0. The fraction of sp³-hybridized carbons (Fsp3) is 0.385. The minimum Gasteiger partial charge on any atom is -0.479 e. The van der Waals surface area contributed by atoms with Gasteiger partial charge in [-0.1, -0.05) is 54.1 Å². The number of hydrogen-bond acceptors (Lipinski definition) is 7. The molecule has 2 aliphatic rings. The molecule has 0 aromatic heterocycles. The monoisotopic (exact) mass is 470 g/mol. The number of carboxylic acids is 1. The Balaban J connectivity index is 1.61. The van der Waals surface area contributed by atoms with Gasteiger partial charge in [-0.15, -0.1) is 0 Å². The Morgan fingerprint density at radius 1 is 1.03 bits per heavy atom. The van der Waals surface area contributed by atoms with Crippen molar-refractivity contribution in [1.29, 1.82) is 0 Å². The first-order valence-electron chi connectivity index (χ1n) is 11.1. The zero-order valence-electron chi connectivity index (χ0n) is 19.1. The molecule has 182 valence electrons. The molecular weight excluding hydrogens is 440 g/mol. The van der Waals surface area contributed by atoms with Crippen molar-refractivity contribution in [3.8, 4) is 0 Å². The highest BCUT2D eigenvalue weighted by Gasteiger charge is 2.48. The van der Waals surface area contributed by atoms with Gasteiger partial charge in [-0.2, -0.15) is 0 Å². The predicted octanol–water partition coefficient (Wildman–Crippen LogP) is 2.29. The SMILES string of the molecule is CC(=C/C=C/C(C)=C/C(=O)O[C@@H]1O[C@H](C(=O)O)[C@@H](O)[C@H](O)[C@H]1O)/C=C1\CCCc2ccccc21. The van der Waals surface area contributed by atoms with E-state index in [4.69, 9.17) is 14.6 Å². The van der Waals surface area contributed by atoms with Gasteiger partial charge < -0.3 is 29.9 Å². The number of rotatable bonds is 6. The van der Waals surface area contributed by atoms with Crippen LogP contribution in [-0.4, -0.2) is 63.1 Å². The van der Waals surface area contributed by atoms with Crippen LogP contribution in [0.5, 0.6) is 0 Å². The third kappa shape index (κ3) is 6.30. The molecule has 8 heteroatoms. The van der Waals surface area contributed by atoms with Gasteiger partial charge >= 0.3 is 11.9 Å². The lowest BCUT2D eigenvalue weighted by Gasteiger charge is -2.37. The number of aryl methyl sites for hydroxylation is 1. The number of aliphatic hydroxyl groups excluding tert-OH is 3. The van der Waals surface area contributed by atoms with Gasteiger partial charge in [0.1, 0.15) is 18.3 Å². The van der Waals surface area contributed by atoms with E-state index in [1.807, 2.05) is 19.1 Å². The maximum atomic E-state index is 12.2. The zero-order chi connectivity index (χ0) is 24.8. The minimum absolute atomic E-state index is 0.547. The molecule has 1 aromatic rings. The second-order valence-electron chi connectivity index (χ2n) is 8.51. The van der Waals surface area contributed by atoms with Gasteiger partial charge in [0, 0.05) is 6.08 Å². The van der Waals surface area contributed by atoms with Gasteiger partial charge in [-0.05, 0) is 55.4 Å². The first-order valence-corrected chi connectivity index (χ1v) is 11.1. The molecule has 5 atom stereocenters. The Morgan fingerprint density at radius 2 is 1.76 bits per heavy atom. The van der Waals surface area contributed by atoms with Crippen molar-refractivity contribution >= 4 is 17.5 Å². The van der Waals surface area contributed by atoms with Crippen LogP contribution < -0.4 is 0 Å². The Morgan fingerprint density at radius 3 is 2.50 bits per heavy atom. The average molecular weight is 471 g/mol. The highest BCUT2D eigenvalue weighted by Crippen LogP contribution is 2.31. The number of carbonyl (C=O) groups excluding carboxylic acids is 1. The van der Waals surface area contributed by atoms with Crippen LogP contribution in [0.1, 0.15) is 37.8 Å². The summed E-state index contributed by atoms with van der Waals surface area (Å²) in [5, 5.41) is 38.5. The lowest BCUT2D eigenvalue weighted by Crippen LogP contribution is -2.60. The van der Waals surface area contributed by atoms with E-state index in [0.717, 1.165) is 30.9 Å². The number of aliphatic carboxylic acids is 1. The van der Waals surface area contributed by atoms with Gasteiger partial charge in [0.15, 0.2) is 6.10 Å². The van der Waals surface area contributed by atoms with Crippen LogP contribution in [0.25, 0.3) is 5.57 Å². The summed E-state index contributed by atoms with van der Waals surface area (Å²) >= 11 is 0. The molecule has 34 heavy (non-hydrogen) atoms. The second kappa shape index (κ2) is 11.4. The van der Waals surface area contributed by atoms with E-state index in [1.54, 1.807) is 19.1 Å². The van der Waals surface area contributed by atoms with Crippen LogP contribution in [0.15, 0.2) is 65.8 Å². The van der Waals surface area contributed by atoms with Crippen LogP contribution in [-0.2, 0) is 25.5 Å². The first-order chi connectivity index (χ1) is 16.2. The van der Waals surface area contributed by atoms with Crippen molar-refractivity contribution in [1.82, 2.24) is 0 Å². The molecule has 0 saturated carbocycles. The molecule has 1 saturated heterocycles. The van der Waals surface area contributed by atoms with E-state index in [0.29, 0.717) is 5.57 Å². The molecule has 1 aromatic carbocycles. The van der Waals surface area contributed by atoms with E-state index in [1.165, 1.54) is 16.7 Å². The lowest BCUT2D eigenvalue weighted by molar-refractivity contribution is -0.284. The maximum Gasteiger partial charge on any atom is 0.335 e. The van der Waals surface area contributed by atoms with E-state index < -0.39 is 42.6 Å². The van der Waals surface area contributed by atoms with E-state index in [-0.39, 0.29) is 0 Å². The summed E-state index contributed by atoms with van der Waals surface area (Å²) in [6, 6.07) is 8.42. The summed E-state index contributed by atoms with van der Waals surface area (Å²) in [5.74, 6) is -2.44. The van der Waals surface area contributed by atoms with Crippen LogP contribution in [0.4, 0.5) is 0 Å². The Labute approximate surface area is 198 Å². The van der Waals surface area contributed by atoms with Crippen molar-refractivity contribution in [3.05, 3.63) is 76.9 Å². The molecule has 4 N–H and O–H groups in total. The number of esters is 1. The molecule has 0 unspecified atom stereocenters. The molecule has 0 spiro atoms. The molecule has 0 amide bonds. The summed E-state index contributed by atoms with van der Waals surface area (Å²) in [4.78, 5) is 23.3. The Kier molecular flexibility index (Phi) is 8.57. The molecule has 1 heterocycles. The molecule has 0 radical (unpaired) electrons. The van der Waals surface area contributed by atoms with Gasteiger partial charge in [-0.25, -0.2) is 9.59 Å². The molecule has 1 fully saturated rings. The van der Waals surface area contributed by atoms with Crippen molar-refractivity contribution in [2.24, 2.45) is 0 Å². The summed E-state index contributed by atoms with van der Waals surface area (Å²) < 4.78 is 9.89. The number of fused-ring (bicyclic) bond motifs is 1. The highest BCUT2D eigenvalue weighted by atomic mass is 16.7. The van der Waals surface area contributed by atoms with Crippen molar-refractivity contribution in [2.45, 2.75) is 63.8 Å². The lowest BCUT2D eigenvalue weighted by atomic mass is 9.86. The molecule has 3 rings (SSSR count). The van der Waals surface area contributed by atoms with Gasteiger partial charge in [-0.3, -0.25) is 0 Å². The Bertz CT molecular complexity index is 1030. The summed E-state index contributed by atoms with van der Waals surface area (Å²) in [6.07, 6.45) is 2.95. The molecule has 1 aliphatic heterocycles. The summed E-state index contributed by atoms with van der Waals surface area (Å²) in [6.45, 7) is 3.68. The first kappa shape index (κ1) is 25.6. The fourth-order valence-corrected chi connectivity index (χ4v) is 4.01. The van der Waals surface area contributed by atoms with E-state index >= 15 is 0 Å². The number of carbonyl (C=O) groups is 2. The molecule has 8 nitrogen and oxygen atoms in total. The van der Waals surface area contributed by atoms with Crippen molar-refractivity contribution < 1.29 is 39.5 Å². The fourth-order valence-electron chi connectivity index (χ4n) is 4.01. The van der Waals surface area contributed by atoms with Crippen molar-refractivity contribution in [2.75, 3.05) is 0 Å². The van der Waals surface area contributed by atoms with Crippen molar-refractivity contribution in [3.63, 3.8) is 0 Å². The van der Waals surface area contributed by atoms with Gasteiger partial charge in [0.05, 0.1) is 0 Å². The predicted molar refractivity (Wildman–Crippen MR) is 124 cm³/mol. The number of hydrogen-bond donors (Lipinski definition) is 4. The highest BCUT2D eigenvalue weighted by molar-refractivity contribution is 5.83. The van der Waals surface area contributed by atoms with Crippen LogP contribution in [0.3, 0.4) is 0 Å². The smallest absolute Gasteiger partial charge is 0.335 e. The second-order valence-corrected chi connectivity index (χ2v) is 8.51. The number of allylic oxidation sites excluding steroid dienone is 7. The Hall–Kier alpha value is -3.04. The number of ether oxygens (including phenoxy) is 2.